The molecule has 0 aliphatic rings. The van der Waals surface area contributed by atoms with Crippen LogP contribution in [0.4, 0.5) is 8.78 Å². The van der Waals surface area contributed by atoms with E-state index in [4.69, 9.17) is 21.3 Å². The van der Waals surface area contributed by atoms with Gasteiger partial charge in [0.1, 0.15) is 19.5 Å². The lowest BCUT2D eigenvalue weighted by Crippen LogP contribution is -2.29. The summed E-state index contributed by atoms with van der Waals surface area (Å²) in [5, 5.41) is 10.3. The molecular weight excluding hydrogens is 420 g/mol. The molecule has 0 aliphatic carbocycles. The van der Waals surface area contributed by atoms with Gasteiger partial charge in [0.15, 0.2) is 5.71 Å². The molecule has 10 heteroatoms. The first kappa shape index (κ1) is 23.1. The van der Waals surface area contributed by atoms with E-state index in [1.807, 2.05) is 0 Å². The van der Waals surface area contributed by atoms with Crippen LogP contribution in [0.3, 0.4) is 0 Å². The van der Waals surface area contributed by atoms with Crippen LogP contribution < -0.4 is 10.1 Å². The number of oxime groups is 2. The quantitative estimate of drug-likeness (QED) is 0.365. The van der Waals surface area contributed by atoms with Crippen molar-refractivity contribution in [2.45, 2.75) is 19.1 Å². The van der Waals surface area contributed by atoms with Crippen molar-refractivity contribution in [1.82, 2.24) is 5.32 Å². The van der Waals surface area contributed by atoms with Crippen LogP contribution in [0.25, 0.3) is 0 Å². The van der Waals surface area contributed by atoms with Crippen LogP contribution in [0.5, 0.6) is 5.75 Å². The number of alkyl halides is 3. The summed E-state index contributed by atoms with van der Waals surface area (Å²) in [6, 6.07) is 12.9. The Morgan fingerprint density at radius 3 is 2.57 bits per heavy atom. The molecule has 2 aromatic rings. The van der Waals surface area contributed by atoms with Gasteiger partial charge in [0.25, 0.3) is 5.91 Å². The molecule has 0 unspecified atom stereocenters. The lowest BCUT2D eigenvalue weighted by molar-refractivity contribution is -0.114. The molecule has 1 amide bonds. The number of hydrogen-bond donors (Lipinski definition) is 1. The molecule has 0 aliphatic heterocycles. The first-order valence-corrected chi connectivity index (χ1v) is 9.07. The number of hydrogen-bond acceptors (Lipinski definition) is 6. The van der Waals surface area contributed by atoms with Gasteiger partial charge in [-0.05, 0) is 19.1 Å². The first-order chi connectivity index (χ1) is 14.2. The molecule has 0 spiro atoms. The molecule has 7 nitrogen and oxygen atoms in total. The molecule has 0 atom stereocenters. The minimum atomic E-state index is -3.81. The maximum absolute atomic E-state index is 12.8. The van der Waals surface area contributed by atoms with Crippen LogP contribution in [-0.2, 0) is 21.1 Å². The average Bonchev–Trinajstić information content (AvgIpc) is 2.71. The van der Waals surface area contributed by atoms with E-state index in [0.717, 1.165) is 0 Å². The molecule has 2 aromatic carbocycles. The van der Waals surface area contributed by atoms with Crippen molar-refractivity contribution >= 4 is 28.9 Å². The smallest absolute Gasteiger partial charge is 0.420 e. The number of nitrogens with one attached hydrogen (secondary N) is 1. The zero-order valence-corrected chi connectivity index (χ0v) is 17.2. The second kappa shape index (κ2) is 10.5. The van der Waals surface area contributed by atoms with Crippen molar-refractivity contribution in [2.24, 2.45) is 10.3 Å². The van der Waals surface area contributed by atoms with Gasteiger partial charge < -0.3 is 19.7 Å². The lowest BCUT2D eigenvalue weighted by Gasteiger charge is -2.12. The van der Waals surface area contributed by atoms with E-state index in [-0.39, 0.29) is 18.1 Å². The third-order valence-corrected chi connectivity index (χ3v) is 3.88. The fourth-order valence-corrected chi connectivity index (χ4v) is 2.56. The molecule has 2 rings (SSSR count). The second-order valence-corrected chi connectivity index (χ2v) is 6.32. The van der Waals surface area contributed by atoms with E-state index in [9.17, 15) is 13.6 Å². The normalized spacial score (nSPS) is 12.3. The summed E-state index contributed by atoms with van der Waals surface area (Å²) in [4.78, 5) is 22.3. The van der Waals surface area contributed by atoms with E-state index in [0.29, 0.717) is 22.4 Å². The largest absolute Gasteiger partial charge is 0.487 e. The molecule has 0 saturated heterocycles. The van der Waals surface area contributed by atoms with Gasteiger partial charge in [-0.3, -0.25) is 4.79 Å². The Hall–Kier alpha value is -3.20. The molecule has 0 aromatic heterocycles. The monoisotopic (exact) mass is 439 g/mol. The van der Waals surface area contributed by atoms with Gasteiger partial charge in [0.05, 0.1) is 5.71 Å². The van der Waals surface area contributed by atoms with Crippen LogP contribution >= 0.6 is 11.6 Å². The van der Waals surface area contributed by atoms with Crippen molar-refractivity contribution in [3.05, 3.63) is 65.2 Å². The van der Waals surface area contributed by atoms with Crippen LogP contribution in [-0.4, -0.2) is 37.1 Å². The van der Waals surface area contributed by atoms with Crippen molar-refractivity contribution in [3.8, 4) is 5.75 Å². The molecular formula is C20H20ClF2N3O4. The number of nitrogens with zero attached hydrogens (tertiary/aromatic N) is 2. The van der Waals surface area contributed by atoms with Gasteiger partial charge in [0.2, 0.25) is 0 Å². The molecule has 0 heterocycles. The summed E-state index contributed by atoms with van der Waals surface area (Å²) >= 11 is 4.79. The maximum Gasteiger partial charge on any atom is 0.487 e. The zero-order chi connectivity index (χ0) is 22.1. The van der Waals surface area contributed by atoms with E-state index in [2.05, 4.69) is 20.4 Å². The van der Waals surface area contributed by atoms with Crippen molar-refractivity contribution in [2.75, 3.05) is 14.2 Å². The SMILES string of the molecule is CNC(=O)C(=NOC)c1ccccc1CON=C(C)c1cccc(OC(F)(F)Cl)c1. The van der Waals surface area contributed by atoms with Crippen molar-refractivity contribution in [1.29, 1.82) is 0 Å². The number of halogens is 3. The van der Waals surface area contributed by atoms with Gasteiger partial charge in [-0.25, -0.2) is 0 Å². The summed E-state index contributed by atoms with van der Waals surface area (Å²) < 4.78 is 30.0. The molecule has 0 radical (unpaired) electrons. The highest BCUT2D eigenvalue weighted by atomic mass is 35.5. The van der Waals surface area contributed by atoms with Gasteiger partial charge >= 0.3 is 5.57 Å². The number of ether oxygens (including phenoxy) is 1. The van der Waals surface area contributed by atoms with Crippen LogP contribution in [0.2, 0.25) is 0 Å². The number of amides is 1. The maximum atomic E-state index is 12.8. The van der Waals surface area contributed by atoms with Gasteiger partial charge in [0, 0.05) is 35.3 Å². The van der Waals surface area contributed by atoms with Crippen LogP contribution in [0.15, 0.2) is 58.8 Å². The Bertz CT molecular complexity index is 946. The third kappa shape index (κ3) is 6.70. The number of benzene rings is 2. The Morgan fingerprint density at radius 2 is 1.90 bits per heavy atom. The summed E-state index contributed by atoms with van der Waals surface area (Å²) in [5.74, 6) is -0.532. The van der Waals surface area contributed by atoms with Gasteiger partial charge in [-0.2, -0.15) is 0 Å². The first-order valence-electron chi connectivity index (χ1n) is 8.69. The number of carbonyl (C=O) groups is 1. The Labute approximate surface area is 177 Å². The molecule has 0 fully saturated rings. The van der Waals surface area contributed by atoms with E-state index in [1.54, 1.807) is 37.3 Å². The Morgan fingerprint density at radius 1 is 1.17 bits per heavy atom. The standard InChI is InChI=1S/C20H20ClF2N3O4/c1-13(14-8-6-9-16(11-14)30-20(21,22)23)25-29-12-15-7-4-5-10-17(15)18(26-28-3)19(27)24-2/h4-11H,12H2,1-3H3,(H,24,27). The predicted octanol–water partition coefficient (Wildman–Crippen LogP) is 3.89. The van der Waals surface area contributed by atoms with E-state index < -0.39 is 11.5 Å². The molecule has 160 valence electrons. The highest BCUT2D eigenvalue weighted by molar-refractivity contribution is 6.45. The zero-order valence-electron chi connectivity index (χ0n) is 16.5. The van der Waals surface area contributed by atoms with E-state index >= 15 is 0 Å². The second-order valence-electron chi connectivity index (χ2n) is 5.88. The summed E-state index contributed by atoms with van der Waals surface area (Å²) in [6.07, 6.45) is 0. The molecule has 0 saturated carbocycles. The summed E-state index contributed by atoms with van der Waals surface area (Å²) in [5.41, 5.74) is -1.62. The molecule has 0 bridgehead atoms. The number of likely N-dealkylation sites (N-methyl/N-ethyl adjacent to an activating group) is 1. The molecule has 1 N–H and O–H groups in total. The van der Waals surface area contributed by atoms with Crippen LogP contribution in [0, 0.1) is 0 Å². The Balaban J connectivity index is 2.17. The van der Waals surface area contributed by atoms with Gasteiger partial charge in [-0.1, -0.05) is 46.7 Å². The average molecular weight is 440 g/mol. The summed E-state index contributed by atoms with van der Waals surface area (Å²) in [7, 11) is 2.83. The van der Waals surface area contributed by atoms with E-state index in [1.165, 1.54) is 32.4 Å². The third-order valence-electron chi connectivity index (χ3n) is 3.80. The minimum Gasteiger partial charge on any atom is -0.420 e. The van der Waals surface area contributed by atoms with Crippen LogP contribution in [0.1, 0.15) is 23.6 Å². The molecule has 30 heavy (non-hydrogen) atoms. The minimum absolute atomic E-state index is 0.0309. The number of rotatable bonds is 9. The van der Waals surface area contributed by atoms with Crippen molar-refractivity contribution in [3.63, 3.8) is 0 Å². The predicted molar refractivity (Wildman–Crippen MR) is 109 cm³/mol. The highest BCUT2D eigenvalue weighted by Crippen LogP contribution is 2.25. The lowest BCUT2D eigenvalue weighted by atomic mass is 10.0. The Kier molecular flexibility index (Phi) is 8.11. The summed E-state index contributed by atoms with van der Waals surface area (Å²) in [6.45, 7) is 1.68. The fraction of sp³-hybridized carbons (Fsp3) is 0.250. The fourth-order valence-electron chi connectivity index (χ4n) is 2.47. The van der Waals surface area contributed by atoms with Gasteiger partial charge in [-0.15, -0.1) is 8.78 Å². The number of carbonyl (C=O) groups excluding carboxylic acids is 1. The topological polar surface area (TPSA) is 81.5 Å². The highest BCUT2D eigenvalue weighted by Gasteiger charge is 2.27. The van der Waals surface area contributed by atoms with Crippen molar-refractivity contribution < 1.29 is 28.0 Å².